The van der Waals surface area contributed by atoms with E-state index in [0.29, 0.717) is 11.8 Å². The highest BCUT2D eigenvalue weighted by atomic mass is 14.9. The van der Waals surface area contributed by atoms with Gasteiger partial charge in [0.1, 0.15) is 0 Å². The number of nitrogens with two attached hydrogens (primary N) is 2. The summed E-state index contributed by atoms with van der Waals surface area (Å²) in [5, 5.41) is 0. The Bertz CT molecular complexity index is 298. The van der Waals surface area contributed by atoms with Crippen LogP contribution in [0.15, 0.2) is 0 Å². The lowest BCUT2D eigenvalue weighted by molar-refractivity contribution is 0.0766. The zero-order valence-corrected chi connectivity index (χ0v) is 16.4. The molecular weight excluding hydrogens is 292 g/mol. The SMILES string of the molecule is CCCCCCCCC(N)C(N)(C1CCCCC1)C1CCCCC1. The first-order chi connectivity index (χ1) is 11.7. The van der Waals surface area contributed by atoms with Crippen LogP contribution in [0.1, 0.15) is 116 Å². The van der Waals surface area contributed by atoms with Gasteiger partial charge in [0.15, 0.2) is 0 Å². The van der Waals surface area contributed by atoms with Crippen molar-refractivity contribution in [1.82, 2.24) is 0 Å². The number of hydrogen-bond acceptors (Lipinski definition) is 2. The lowest BCUT2D eigenvalue weighted by Gasteiger charge is -2.50. The molecule has 142 valence electrons. The Morgan fingerprint density at radius 1 is 0.750 bits per heavy atom. The van der Waals surface area contributed by atoms with Gasteiger partial charge in [0.25, 0.3) is 0 Å². The minimum atomic E-state index is -0.0791. The summed E-state index contributed by atoms with van der Waals surface area (Å²) < 4.78 is 0. The van der Waals surface area contributed by atoms with Crippen LogP contribution in [-0.2, 0) is 0 Å². The molecule has 2 aliphatic carbocycles. The molecule has 1 unspecified atom stereocenters. The van der Waals surface area contributed by atoms with Crippen molar-refractivity contribution in [2.24, 2.45) is 23.3 Å². The summed E-state index contributed by atoms with van der Waals surface area (Å²) in [4.78, 5) is 0. The van der Waals surface area contributed by atoms with Crippen LogP contribution in [0.3, 0.4) is 0 Å². The molecule has 2 rings (SSSR count). The minimum Gasteiger partial charge on any atom is -0.326 e. The highest BCUT2D eigenvalue weighted by Crippen LogP contribution is 2.43. The second-order valence-electron chi connectivity index (χ2n) is 8.83. The molecule has 2 aliphatic rings. The van der Waals surface area contributed by atoms with Gasteiger partial charge in [0.2, 0.25) is 0 Å². The molecule has 24 heavy (non-hydrogen) atoms. The average molecular weight is 337 g/mol. The fourth-order valence-electron chi connectivity index (χ4n) is 5.54. The van der Waals surface area contributed by atoms with Crippen molar-refractivity contribution in [3.63, 3.8) is 0 Å². The van der Waals surface area contributed by atoms with Crippen LogP contribution in [0, 0.1) is 11.8 Å². The van der Waals surface area contributed by atoms with Crippen LogP contribution < -0.4 is 11.5 Å². The fraction of sp³-hybridized carbons (Fsp3) is 1.00. The maximum absolute atomic E-state index is 7.23. The molecule has 0 aromatic heterocycles. The van der Waals surface area contributed by atoms with Crippen molar-refractivity contribution >= 4 is 0 Å². The zero-order valence-electron chi connectivity index (χ0n) is 16.4. The normalized spacial score (nSPS) is 22.6. The quantitative estimate of drug-likeness (QED) is 0.486. The van der Waals surface area contributed by atoms with Crippen LogP contribution in [0.4, 0.5) is 0 Å². The largest absolute Gasteiger partial charge is 0.326 e. The smallest absolute Gasteiger partial charge is 0.0364 e. The van der Waals surface area contributed by atoms with Gasteiger partial charge in [-0.2, -0.15) is 0 Å². The lowest BCUT2D eigenvalue weighted by atomic mass is 9.61. The molecule has 0 aliphatic heterocycles. The van der Waals surface area contributed by atoms with Crippen LogP contribution in [-0.4, -0.2) is 11.6 Å². The molecule has 0 aromatic carbocycles. The van der Waals surface area contributed by atoms with E-state index in [1.54, 1.807) is 0 Å². The van der Waals surface area contributed by atoms with Crippen molar-refractivity contribution in [1.29, 1.82) is 0 Å². The topological polar surface area (TPSA) is 52.0 Å². The van der Waals surface area contributed by atoms with Crippen molar-refractivity contribution in [3.8, 4) is 0 Å². The third kappa shape index (κ3) is 5.46. The van der Waals surface area contributed by atoms with Gasteiger partial charge < -0.3 is 11.5 Å². The molecule has 0 radical (unpaired) electrons. The maximum Gasteiger partial charge on any atom is 0.0364 e. The van der Waals surface area contributed by atoms with E-state index in [9.17, 15) is 0 Å². The molecule has 0 saturated heterocycles. The molecule has 2 saturated carbocycles. The fourth-order valence-corrected chi connectivity index (χ4v) is 5.54. The van der Waals surface area contributed by atoms with E-state index in [4.69, 9.17) is 11.5 Å². The van der Waals surface area contributed by atoms with Crippen LogP contribution >= 0.6 is 0 Å². The van der Waals surface area contributed by atoms with E-state index >= 15 is 0 Å². The van der Waals surface area contributed by atoms with E-state index in [-0.39, 0.29) is 11.6 Å². The van der Waals surface area contributed by atoms with E-state index in [1.807, 2.05) is 0 Å². The Morgan fingerprint density at radius 3 is 1.71 bits per heavy atom. The standard InChI is InChI=1S/C22H44N2/c1-2-3-4-5-6-13-18-21(23)22(24,19-14-9-7-10-15-19)20-16-11-8-12-17-20/h19-21H,2-18,23-24H2,1H3. The van der Waals surface area contributed by atoms with Gasteiger partial charge in [-0.05, 0) is 43.9 Å². The molecule has 4 N–H and O–H groups in total. The summed E-state index contributed by atoms with van der Waals surface area (Å²) in [6.45, 7) is 2.28. The first-order valence-electron chi connectivity index (χ1n) is 11.2. The molecule has 0 bridgehead atoms. The monoisotopic (exact) mass is 336 g/mol. The maximum atomic E-state index is 7.23. The molecule has 2 fully saturated rings. The average Bonchev–Trinajstić information content (AvgIpc) is 2.65. The highest BCUT2D eigenvalue weighted by molar-refractivity contribution is 5.05. The first kappa shape index (κ1) is 20.2. The van der Waals surface area contributed by atoms with Gasteiger partial charge in [-0.3, -0.25) is 0 Å². The van der Waals surface area contributed by atoms with Gasteiger partial charge in [-0.15, -0.1) is 0 Å². The Hall–Kier alpha value is -0.0800. The molecule has 2 heteroatoms. The lowest BCUT2D eigenvalue weighted by Crippen LogP contribution is -2.65. The molecule has 0 heterocycles. The second kappa shape index (κ2) is 10.8. The van der Waals surface area contributed by atoms with E-state index in [0.717, 1.165) is 6.42 Å². The van der Waals surface area contributed by atoms with E-state index in [1.165, 1.54) is 103 Å². The molecule has 0 spiro atoms. The third-order valence-electron chi connectivity index (χ3n) is 7.14. The Morgan fingerprint density at radius 2 is 1.21 bits per heavy atom. The number of hydrogen-bond donors (Lipinski definition) is 2. The van der Waals surface area contributed by atoms with Crippen molar-refractivity contribution < 1.29 is 0 Å². The second-order valence-corrected chi connectivity index (χ2v) is 8.83. The van der Waals surface area contributed by atoms with Gasteiger partial charge in [0.05, 0.1) is 0 Å². The predicted molar refractivity (Wildman–Crippen MR) is 106 cm³/mol. The van der Waals surface area contributed by atoms with Gasteiger partial charge in [-0.1, -0.05) is 84.0 Å². The van der Waals surface area contributed by atoms with Crippen molar-refractivity contribution in [2.75, 3.05) is 0 Å². The Kier molecular flexibility index (Phi) is 9.11. The number of rotatable bonds is 10. The Balaban J connectivity index is 1.90. The van der Waals surface area contributed by atoms with Crippen LogP contribution in [0.5, 0.6) is 0 Å². The van der Waals surface area contributed by atoms with Gasteiger partial charge >= 0.3 is 0 Å². The number of unbranched alkanes of at least 4 members (excludes halogenated alkanes) is 5. The van der Waals surface area contributed by atoms with Crippen LogP contribution in [0.2, 0.25) is 0 Å². The van der Waals surface area contributed by atoms with Gasteiger partial charge in [-0.25, -0.2) is 0 Å². The molecule has 1 atom stereocenters. The molecule has 2 nitrogen and oxygen atoms in total. The molecular formula is C22H44N2. The summed E-state index contributed by atoms with van der Waals surface area (Å²) in [5.41, 5.74) is 14.0. The summed E-state index contributed by atoms with van der Waals surface area (Å²) >= 11 is 0. The summed E-state index contributed by atoms with van der Waals surface area (Å²) in [6.07, 6.45) is 22.9. The summed E-state index contributed by atoms with van der Waals surface area (Å²) in [6, 6.07) is 0.217. The minimum absolute atomic E-state index is 0.0791. The highest BCUT2D eigenvalue weighted by Gasteiger charge is 2.46. The summed E-state index contributed by atoms with van der Waals surface area (Å²) in [5.74, 6) is 1.37. The molecule has 0 aromatic rings. The van der Waals surface area contributed by atoms with Gasteiger partial charge in [0, 0.05) is 11.6 Å². The zero-order chi connectivity index (χ0) is 17.3. The van der Waals surface area contributed by atoms with E-state index < -0.39 is 0 Å². The Labute approximate surface area is 151 Å². The molecule has 0 amide bonds. The predicted octanol–water partition coefficient (Wildman–Crippen LogP) is 5.92. The van der Waals surface area contributed by atoms with Crippen molar-refractivity contribution in [2.45, 2.75) is 128 Å². The summed E-state index contributed by atoms with van der Waals surface area (Å²) in [7, 11) is 0. The van der Waals surface area contributed by atoms with Crippen LogP contribution in [0.25, 0.3) is 0 Å². The van der Waals surface area contributed by atoms with E-state index in [2.05, 4.69) is 6.92 Å². The first-order valence-corrected chi connectivity index (χ1v) is 11.2. The third-order valence-corrected chi connectivity index (χ3v) is 7.14. The van der Waals surface area contributed by atoms with Crippen molar-refractivity contribution in [3.05, 3.63) is 0 Å².